The molecule has 28 heavy (non-hydrogen) atoms. The van der Waals surface area contributed by atoms with E-state index in [1.807, 2.05) is 37.3 Å². The highest BCUT2D eigenvalue weighted by atomic mass is 16.5. The van der Waals surface area contributed by atoms with Crippen LogP contribution < -0.4 is 10.1 Å². The summed E-state index contributed by atoms with van der Waals surface area (Å²) in [7, 11) is 0. The predicted molar refractivity (Wildman–Crippen MR) is 102 cm³/mol. The normalized spacial score (nSPS) is 21.0. The summed E-state index contributed by atoms with van der Waals surface area (Å²) >= 11 is 0. The van der Waals surface area contributed by atoms with Crippen molar-refractivity contribution in [3.8, 4) is 5.75 Å². The molecule has 2 atom stereocenters. The minimum absolute atomic E-state index is 0.132. The summed E-state index contributed by atoms with van der Waals surface area (Å²) < 4.78 is 5.90. The number of nitrogens with zero attached hydrogens (tertiary/aromatic N) is 1. The first-order valence-electron chi connectivity index (χ1n) is 9.02. The van der Waals surface area contributed by atoms with E-state index in [1.54, 1.807) is 6.92 Å². The van der Waals surface area contributed by atoms with Crippen LogP contribution in [0.25, 0.3) is 0 Å². The summed E-state index contributed by atoms with van der Waals surface area (Å²) in [5.41, 5.74) is 0.229. The number of carbonyl (C=O) groups is 3. The average Bonchev–Trinajstić information content (AvgIpc) is 2.72. The average molecular weight is 382 g/mol. The van der Waals surface area contributed by atoms with Crippen LogP contribution in [0.5, 0.6) is 5.75 Å². The zero-order chi connectivity index (χ0) is 20.3. The van der Waals surface area contributed by atoms with Gasteiger partial charge in [-0.15, -0.1) is 0 Å². The zero-order valence-electron chi connectivity index (χ0n) is 15.7. The number of aromatic carboxylic acids is 1. The molecule has 146 valence electrons. The van der Waals surface area contributed by atoms with Crippen molar-refractivity contribution in [2.75, 3.05) is 0 Å². The fraction of sp³-hybridized carbons (Fsp3) is 0.286. The van der Waals surface area contributed by atoms with E-state index in [1.165, 1.54) is 24.3 Å². The van der Waals surface area contributed by atoms with E-state index in [9.17, 15) is 14.4 Å². The van der Waals surface area contributed by atoms with Crippen molar-refractivity contribution in [3.05, 3.63) is 65.7 Å². The Kier molecular flexibility index (Phi) is 5.35. The number of likely N-dealkylation sites (tertiary alicyclic amines) is 1. The molecule has 0 saturated carbocycles. The highest BCUT2D eigenvalue weighted by molar-refractivity contribution is 6.03. The summed E-state index contributed by atoms with van der Waals surface area (Å²) in [6.45, 7) is 3.92. The van der Waals surface area contributed by atoms with E-state index in [2.05, 4.69) is 5.32 Å². The van der Waals surface area contributed by atoms with Crippen molar-refractivity contribution >= 4 is 17.9 Å². The molecule has 2 aromatic rings. The van der Waals surface area contributed by atoms with Gasteiger partial charge in [-0.1, -0.05) is 37.3 Å². The van der Waals surface area contributed by atoms with Crippen LogP contribution >= 0.6 is 0 Å². The Morgan fingerprint density at radius 1 is 1.14 bits per heavy atom. The second-order valence-electron chi connectivity index (χ2n) is 6.89. The van der Waals surface area contributed by atoms with Crippen molar-refractivity contribution < 1.29 is 24.2 Å². The molecule has 7 nitrogen and oxygen atoms in total. The number of urea groups is 1. The number of carbonyl (C=O) groups excluding carboxylic acids is 2. The lowest BCUT2D eigenvalue weighted by Gasteiger charge is -2.51. The van der Waals surface area contributed by atoms with E-state index in [-0.39, 0.29) is 11.5 Å². The molecule has 1 saturated heterocycles. The third kappa shape index (κ3) is 3.55. The van der Waals surface area contributed by atoms with Crippen molar-refractivity contribution in [2.45, 2.75) is 33.0 Å². The van der Waals surface area contributed by atoms with Crippen LogP contribution in [0.1, 0.15) is 36.2 Å². The number of rotatable bonds is 6. The number of hydrogen-bond donors (Lipinski definition) is 2. The maximum atomic E-state index is 12.6. The molecule has 1 aliphatic heterocycles. The fourth-order valence-electron chi connectivity index (χ4n) is 3.08. The van der Waals surface area contributed by atoms with Gasteiger partial charge in [0.2, 0.25) is 5.91 Å². The minimum atomic E-state index is -1.04. The zero-order valence-corrected chi connectivity index (χ0v) is 15.7. The quantitative estimate of drug-likeness (QED) is 0.748. The first-order chi connectivity index (χ1) is 13.4. The number of imide groups is 1. The Labute approximate surface area is 162 Å². The Morgan fingerprint density at radius 3 is 2.36 bits per heavy atom. The molecule has 1 heterocycles. The molecule has 7 heteroatoms. The van der Waals surface area contributed by atoms with Gasteiger partial charge in [0.1, 0.15) is 11.2 Å². The van der Waals surface area contributed by atoms with Gasteiger partial charge in [-0.05, 0) is 43.2 Å². The van der Waals surface area contributed by atoms with Crippen LogP contribution in [0.3, 0.4) is 0 Å². The Balaban J connectivity index is 1.73. The molecule has 1 fully saturated rings. The highest BCUT2D eigenvalue weighted by Gasteiger charge is 2.61. The molecule has 0 aliphatic carbocycles. The Morgan fingerprint density at radius 2 is 1.79 bits per heavy atom. The monoisotopic (exact) mass is 382 g/mol. The fourth-order valence-corrected chi connectivity index (χ4v) is 3.08. The number of β-lactam (4-membered cyclic amide) rings is 1. The lowest BCUT2D eigenvalue weighted by Crippen LogP contribution is -2.72. The second kappa shape index (κ2) is 7.72. The van der Waals surface area contributed by atoms with Crippen LogP contribution in [0.15, 0.2) is 54.6 Å². The maximum Gasteiger partial charge on any atom is 0.335 e. The lowest BCUT2D eigenvalue weighted by molar-refractivity contribution is -0.186. The summed E-state index contributed by atoms with van der Waals surface area (Å²) in [6, 6.07) is 14.7. The van der Waals surface area contributed by atoms with Gasteiger partial charge in [-0.3, -0.25) is 4.79 Å². The van der Waals surface area contributed by atoms with E-state index < -0.39 is 23.6 Å². The molecule has 3 amide bonds. The Bertz CT molecular complexity index is 881. The standard InChI is InChI=1S/C21H22N2O5/c1-3-21(2)18(26)23(20(27)22-13-14-7-5-4-6-8-14)19(21)28-16-11-9-15(10-12-16)17(24)25/h4-12,19H,3,13H2,1-2H3,(H,22,27)(H,24,25)/t19-,21-/m1/s1. The highest BCUT2D eigenvalue weighted by Crippen LogP contribution is 2.43. The SMILES string of the molecule is CC[C@]1(C)C(=O)N(C(=O)NCc2ccccc2)[C@@H]1Oc1ccc(C(=O)O)cc1. The molecule has 3 rings (SSSR count). The Hall–Kier alpha value is -3.35. The third-order valence-corrected chi connectivity index (χ3v) is 5.08. The molecular formula is C21H22N2O5. The molecule has 0 spiro atoms. The molecule has 2 aromatic carbocycles. The van der Waals surface area contributed by atoms with Gasteiger partial charge in [0.05, 0.1) is 5.56 Å². The van der Waals surface area contributed by atoms with Crippen molar-refractivity contribution in [3.63, 3.8) is 0 Å². The first kappa shape index (κ1) is 19.4. The van der Waals surface area contributed by atoms with Crippen LogP contribution in [0.2, 0.25) is 0 Å². The van der Waals surface area contributed by atoms with E-state index >= 15 is 0 Å². The topological polar surface area (TPSA) is 95.9 Å². The maximum absolute atomic E-state index is 12.6. The van der Waals surface area contributed by atoms with Gasteiger partial charge < -0.3 is 15.2 Å². The van der Waals surface area contributed by atoms with Crippen LogP contribution in [0.4, 0.5) is 4.79 Å². The van der Waals surface area contributed by atoms with Crippen molar-refractivity contribution in [1.29, 1.82) is 0 Å². The number of nitrogens with one attached hydrogen (secondary N) is 1. The summed E-state index contributed by atoms with van der Waals surface area (Å²) in [5, 5.41) is 11.7. The number of amides is 3. The summed E-state index contributed by atoms with van der Waals surface area (Å²) in [4.78, 5) is 37.3. The molecule has 0 radical (unpaired) electrons. The largest absolute Gasteiger partial charge is 0.478 e. The molecular weight excluding hydrogens is 360 g/mol. The number of ether oxygens (including phenoxy) is 1. The first-order valence-corrected chi connectivity index (χ1v) is 9.02. The predicted octanol–water partition coefficient (Wildman–Crippen LogP) is 3.26. The van der Waals surface area contributed by atoms with E-state index in [0.29, 0.717) is 18.7 Å². The third-order valence-electron chi connectivity index (χ3n) is 5.08. The van der Waals surface area contributed by atoms with Gasteiger partial charge in [-0.25, -0.2) is 14.5 Å². The lowest BCUT2D eigenvalue weighted by atomic mass is 9.76. The molecule has 0 aromatic heterocycles. The van der Waals surface area contributed by atoms with Crippen LogP contribution in [0, 0.1) is 5.41 Å². The number of hydrogen-bond acceptors (Lipinski definition) is 4. The number of carboxylic acids is 1. The molecule has 0 bridgehead atoms. The van der Waals surface area contributed by atoms with E-state index in [0.717, 1.165) is 10.5 Å². The second-order valence-corrected chi connectivity index (χ2v) is 6.89. The van der Waals surface area contributed by atoms with Gasteiger partial charge in [0.15, 0.2) is 6.23 Å². The number of benzene rings is 2. The van der Waals surface area contributed by atoms with Crippen molar-refractivity contribution in [1.82, 2.24) is 10.2 Å². The van der Waals surface area contributed by atoms with Crippen LogP contribution in [-0.2, 0) is 11.3 Å². The smallest absolute Gasteiger partial charge is 0.335 e. The number of carboxylic acid groups (broad SMARTS) is 1. The summed E-state index contributed by atoms with van der Waals surface area (Å²) in [5.74, 6) is -0.943. The van der Waals surface area contributed by atoms with Gasteiger partial charge in [0, 0.05) is 6.54 Å². The van der Waals surface area contributed by atoms with Crippen molar-refractivity contribution in [2.24, 2.45) is 5.41 Å². The molecule has 0 unspecified atom stereocenters. The van der Waals surface area contributed by atoms with Gasteiger partial charge >= 0.3 is 12.0 Å². The molecule has 2 N–H and O–H groups in total. The van der Waals surface area contributed by atoms with Crippen LogP contribution in [-0.4, -0.2) is 34.1 Å². The van der Waals surface area contributed by atoms with Gasteiger partial charge in [0.25, 0.3) is 0 Å². The van der Waals surface area contributed by atoms with E-state index in [4.69, 9.17) is 9.84 Å². The van der Waals surface area contributed by atoms with Gasteiger partial charge in [-0.2, -0.15) is 0 Å². The minimum Gasteiger partial charge on any atom is -0.478 e. The summed E-state index contributed by atoms with van der Waals surface area (Å²) in [6.07, 6.45) is -0.261. The molecule has 1 aliphatic rings.